The first-order valence-corrected chi connectivity index (χ1v) is 8.21. The molecule has 1 amide bonds. The molecule has 2 aromatic heterocycles. The molecule has 2 bridgehead atoms. The molecule has 3 aliphatic heterocycles. The molecule has 5 heterocycles. The van der Waals surface area contributed by atoms with E-state index in [4.69, 9.17) is 0 Å². The first-order chi connectivity index (χ1) is 11.2. The summed E-state index contributed by atoms with van der Waals surface area (Å²) in [7, 11) is 0. The van der Waals surface area contributed by atoms with Gasteiger partial charge in [-0.2, -0.15) is 9.78 Å². The summed E-state index contributed by atoms with van der Waals surface area (Å²) in [6.45, 7) is 4.38. The Morgan fingerprint density at radius 2 is 2.30 bits per heavy atom. The molecule has 6 nitrogen and oxygen atoms in total. The average molecular weight is 311 g/mol. The van der Waals surface area contributed by atoms with Gasteiger partial charge in [0.1, 0.15) is 0 Å². The molecule has 23 heavy (non-hydrogen) atoms. The number of hydrogen-bond donors (Lipinski definition) is 1. The van der Waals surface area contributed by atoms with Crippen LogP contribution in [0.5, 0.6) is 0 Å². The van der Waals surface area contributed by atoms with E-state index in [0.29, 0.717) is 12.0 Å². The van der Waals surface area contributed by atoms with Crippen LogP contribution >= 0.6 is 0 Å². The third-order valence-corrected chi connectivity index (χ3v) is 5.11. The predicted molar refractivity (Wildman–Crippen MR) is 86.9 cm³/mol. The average Bonchev–Trinajstić information content (AvgIpc) is 3.07. The number of piperidine rings is 3. The van der Waals surface area contributed by atoms with Crippen LogP contribution in [0.4, 0.5) is 4.79 Å². The van der Waals surface area contributed by atoms with Crippen molar-refractivity contribution < 1.29 is 4.79 Å². The van der Waals surface area contributed by atoms with E-state index in [1.165, 1.54) is 17.5 Å². The molecule has 6 heteroatoms. The van der Waals surface area contributed by atoms with Gasteiger partial charge in [0.15, 0.2) is 0 Å². The highest BCUT2D eigenvalue weighted by molar-refractivity contribution is 5.77. The highest BCUT2D eigenvalue weighted by Gasteiger charge is 2.38. The summed E-state index contributed by atoms with van der Waals surface area (Å²) < 4.78 is 1.38. The normalized spacial score (nSPS) is 29.4. The molecule has 1 N–H and O–H groups in total. The Hall–Kier alpha value is -2.21. The summed E-state index contributed by atoms with van der Waals surface area (Å²) in [6.07, 6.45) is 7.50. The van der Waals surface area contributed by atoms with Crippen LogP contribution in [-0.4, -0.2) is 50.9 Å². The Kier molecular flexibility index (Phi) is 3.61. The first kappa shape index (κ1) is 14.4. The monoisotopic (exact) mass is 311 g/mol. The summed E-state index contributed by atoms with van der Waals surface area (Å²) in [5.41, 5.74) is 1.67. The van der Waals surface area contributed by atoms with E-state index < -0.39 is 0 Å². The van der Waals surface area contributed by atoms with Gasteiger partial charge in [-0.05, 0) is 44.4 Å². The van der Waals surface area contributed by atoms with Gasteiger partial charge < -0.3 is 5.32 Å². The minimum atomic E-state index is -0.154. The number of nitrogens with zero attached hydrogens (tertiary/aromatic N) is 4. The number of aromatic nitrogens is 3. The standard InChI is InChI=1S/C17H21N5O/c1-12-8-13-5-7-21(12)11-16(13)20-17(23)22-10-14(9-19-22)15-4-2-3-6-18-15/h2-4,6,9-10,12-13,16H,5,7-8,11H2,1H3,(H,20,23)/t12?,13?,16-/m0/s1. The zero-order chi connectivity index (χ0) is 15.8. The summed E-state index contributed by atoms with van der Waals surface area (Å²) in [4.78, 5) is 19.2. The van der Waals surface area contributed by atoms with Crippen molar-refractivity contribution >= 4 is 6.03 Å². The van der Waals surface area contributed by atoms with Gasteiger partial charge >= 0.3 is 6.03 Å². The van der Waals surface area contributed by atoms with Gasteiger partial charge in [-0.15, -0.1) is 0 Å². The van der Waals surface area contributed by atoms with Gasteiger partial charge in [-0.1, -0.05) is 6.07 Å². The minimum absolute atomic E-state index is 0.154. The maximum Gasteiger partial charge on any atom is 0.342 e. The number of nitrogens with one attached hydrogen (secondary N) is 1. The lowest BCUT2D eigenvalue weighted by atomic mass is 9.80. The van der Waals surface area contributed by atoms with E-state index >= 15 is 0 Å². The van der Waals surface area contributed by atoms with Crippen LogP contribution < -0.4 is 5.32 Å². The minimum Gasteiger partial charge on any atom is -0.332 e. The van der Waals surface area contributed by atoms with Crippen molar-refractivity contribution in [1.82, 2.24) is 25.0 Å². The third kappa shape index (κ3) is 2.74. The van der Waals surface area contributed by atoms with Crippen LogP contribution in [0.1, 0.15) is 19.8 Å². The molecule has 3 fully saturated rings. The fourth-order valence-corrected chi connectivity index (χ4v) is 3.78. The van der Waals surface area contributed by atoms with Crippen LogP contribution in [0.15, 0.2) is 36.8 Å². The van der Waals surface area contributed by atoms with Gasteiger partial charge in [0, 0.05) is 36.6 Å². The highest BCUT2D eigenvalue weighted by atomic mass is 16.2. The zero-order valence-corrected chi connectivity index (χ0v) is 13.2. The summed E-state index contributed by atoms with van der Waals surface area (Å²) in [6, 6.07) is 6.42. The Morgan fingerprint density at radius 1 is 1.39 bits per heavy atom. The molecule has 120 valence electrons. The van der Waals surface area contributed by atoms with Crippen LogP contribution in [0, 0.1) is 5.92 Å². The number of fused-ring (bicyclic) bond motifs is 3. The van der Waals surface area contributed by atoms with E-state index in [9.17, 15) is 4.79 Å². The first-order valence-electron chi connectivity index (χ1n) is 8.21. The molecule has 4 atom stereocenters. The van der Waals surface area contributed by atoms with Crippen molar-refractivity contribution in [3.8, 4) is 11.3 Å². The maximum absolute atomic E-state index is 12.5. The smallest absolute Gasteiger partial charge is 0.332 e. The second kappa shape index (κ2) is 5.77. The van der Waals surface area contributed by atoms with Gasteiger partial charge in [-0.3, -0.25) is 9.88 Å². The predicted octanol–water partition coefficient (Wildman–Crippen LogP) is 1.99. The van der Waals surface area contributed by atoms with Crippen molar-refractivity contribution in [2.45, 2.75) is 31.8 Å². The molecule has 3 aliphatic rings. The van der Waals surface area contributed by atoms with Crippen molar-refractivity contribution in [2.75, 3.05) is 13.1 Å². The molecule has 3 saturated heterocycles. The highest BCUT2D eigenvalue weighted by Crippen LogP contribution is 2.31. The molecule has 0 aromatic carbocycles. The zero-order valence-electron chi connectivity index (χ0n) is 13.2. The quantitative estimate of drug-likeness (QED) is 0.921. The molecule has 5 rings (SSSR count). The van der Waals surface area contributed by atoms with Crippen molar-refractivity contribution in [1.29, 1.82) is 0 Å². The molecule has 3 unspecified atom stereocenters. The Bertz CT molecular complexity index is 698. The number of hydrogen-bond acceptors (Lipinski definition) is 4. The molecular formula is C17H21N5O. The lowest BCUT2D eigenvalue weighted by molar-refractivity contribution is 0.0321. The fraction of sp³-hybridized carbons (Fsp3) is 0.471. The second-order valence-electron chi connectivity index (χ2n) is 6.57. The van der Waals surface area contributed by atoms with E-state index in [1.807, 2.05) is 18.2 Å². The number of amides is 1. The van der Waals surface area contributed by atoms with E-state index in [0.717, 1.165) is 24.3 Å². The van der Waals surface area contributed by atoms with Crippen LogP contribution in [-0.2, 0) is 0 Å². The molecule has 0 saturated carbocycles. The number of rotatable bonds is 2. The Balaban J connectivity index is 1.45. The number of carbonyl (C=O) groups excluding carboxylic acids is 1. The maximum atomic E-state index is 12.5. The van der Waals surface area contributed by atoms with Crippen molar-refractivity contribution in [3.05, 3.63) is 36.8 Å². The van der Waals surface area contributed by atoms with Gasteiger partial charge in [0.05, 0.1) is 11.9 Å². The van der Waals surface area contributed by atoms with Gasteiger partial charge in [0.25, 0.3) is 0 Å². The third-order valence-electron chi connectivity index (χ3n) is 5.11. The Labute approximate surface area is 135 Å². The molecule has 2 aromatic rings. The van der Waals surface area contributed by atoms with Crippen molar-refractivity contribution in [3.63, 3.8) is 0 Å². The van der Waals surface area contributed by atoms with E-state index in [-0.39, 0.29) is 12.1 Å². The number of carbonyl (C=O) groups is 1. The molecule has 0 radical (unpaired) electrons. The van der Waals surface area contributed by atoms with Crippen molar-refractivity contribution in [2.24, 2.45) is 5.92 Å². The van der Waals surface area contributed by atoms with Crippen LogP contribution in [0.25, 0.3) is 11.3 Å². The second-order valence-corrected chi connectivity index (χ2v) is 6.57. The lowest BCUT2D eigenvalue weighted by Crippen LogP contribution is -2.60. The molecule has 0 aliphatic carbocycles. The lowest BCUT2D eigenvalue weighted by Gasteiger charge is -2.48. The summed E-state index contributed by atoms with van der Waals surface area (Å²) >= 11 is 0. The van der Waals surface area contributed by atoms with Gasteiger partial charge in [-0.25, -0.2) is 4.79 Å². The van der Waals surface area contributed by atoms with Crippen LogP contribution in [0.2, 0.25) is 0 Å². The van der Waals surface area contributed by atoms with E-state index in [1.54, 1.807) is 18.6 Å². The summed E-state index contributed by atoms with van der Waals surface area (Å²) in [5, 5.41) is 7.34. The van der Waals surface area contributed by atoms with Gasteiger partial charge in [0.2, 0.25) is 0 Å². The Morgan fingerprint density at radius 3 is 3.00 bits per heavy atom. The molecule has 0 spiro atoms. The topological polar surface area (TPSA) is 63.1 Å². The SMILES string of the molecule is CC1CC2CCN1C[C@@H]2NC(=O)n1cc(-c2ccccn2)cn1. The fourth-order valence-electron chi connectivity index (χ4n) is 3.78. The largest absolute Gasteiger partial charge is 0.342 e. The molecular weight excluding hydrogens is 290 g/mol. The van der Waals surface area contributed by atoms with E-state index in [2.05, 4.69) is 27.2 Å². The summed E-state index contributed by atoms with van der Waals surface area (Å²) in [5.74, 6) is 0.588. The van der Waals surface area contributed by atoms with Crippen LogP contribution in [0.3, 0.4) is 0 Å². The number of pyridine rings is 1.